The van der Waals surface area contributed by atoms with Gasteiger partial charge in [-0.1, -0.05) is 6.92 Å². The van der Waals surface area contributed by atoms with Crippen LogP contribution in [-0.2, 0) is 0 Å². The minimum Gasteiger partial charge on any atom is -0.507 e. The van der Waals surface area contributed by atoms with Crippen LogP contribution < -0.4 is 0 Å². The Morgan fingerprint density at radius 1 is 1.35 bits per heavy atom. The minimum atomic E-state index is 0.0655. The molecule has 0 fully saturated rings. The summed E-state index contributed by atoms with van der Waals surface area (Å²) >= 11 is 5.04. The van der Waals surface area contributed by atoms with Gasteiger partial charge in [0, 0.05) is 17.4 Å². The normalized spacial score (nSPS) is 11.1. The van der Waals surface area contributed by atoms with E-state index in [9.17, 15) is 9.90 Å². The van der Waals surface area contributed by atoms with Crippen molar-refractivity contribution in [2.24, 2.45) is 0 Å². The number of Topliss-reactive ketones (excluding diaryl/α,β-unsaturated/α-hetero) is 1. The van der Waals surface area contributed by atoms with Crippen molar-refractivity contribution in [3.05, 3.63) is 39.7 Å². The van der Waals surface area contributed by atoms with Crippen LogP contribution in [-0.4, -0.2) is 15.9 Å². The second-order valence-corrected chi connectivity index (χ2v) is 6.95. The second kappa shape index (κ2) is 5.07. The van der Waals surface area contributed by atoms with Crippen LogP contribution in [0.1, 0.15) is 23.7 Å². The Hall–Kier alpha value is -1.59. The smallest absolute Gasteiger partial charge is 0.164 e. The van der Waals surface area contributed by atoms with Gasteiger partial charge in [-0.3, -0.25) is 4.79 Å². The predicted octanol–water partition coefficient (Wildman–Crippen LogP) is 4.96. The van der Waals surface area contributed by atoms with Crippen molar-refractivity contribution in [2.75, 3.05) is 0 Å². The Kier molecular flexibility index (Phi) is 3.40. The van der Waals surface area contributed by atoms with Crippen LogP contribution in [0.2, 0.25) is 0 Å². The summed E-state index contributed by atoms with van der Waals surface area (Å²) in [7, 11) is 0. The Bertz CT molecular complexity index is 803. The first-order chi connectivity index (χ1) is 9.60. The number of hydrogen-bond acceptors (Lipinski definition) is 3. The van der Waals surface area contributed by atoms with Crippen LogP contribution >= 0.6 is 27.3 Å². The number of aromatic amines is 1. The number of hydrogen-bond donors (Lipinski definition) is 2. The highest BCUT2D eigenvalue weighted by atomic mass is 79.9. The van der Waals surface area contributed by atoms with Crippen molar-refractivity contribution in [2.45, 2.75) is 13.3 Å². The number of carbonyl (C=O) groups is 1. The summed E-state index contributed by atoms with van der Waals surface area (Å²) in [5.74, 6) is 0.251. The third kappa shape index (κ3) is 2.17. The monoisotopic (exact) mass is 349 g/mol. The number of phenolic OH excluding ortho intramolecular Hbond substituents is 1. The summed E-state index contributed by atoms with van der Waals surface area (Å²) in [6, 6.07) is 9.11. The number of carbonyl (C=O) groups excluding carboxylic acids is 1. The number of halogens is 1. The van der Waals surface area contributed by atoms with Gasteiger partial charge in [0.25, 0.3) is 0 Å². The highest BCUT2D eigenvalue weighted by molar-refractivity contribution is 9.11. The van der Waals surface area contributed by atoms with E-state index < -0.39 is 0 Å². The molecule has 0 saturated carbocycles. The lowest BCUT2D eigenvalue weighted by Crippen LogP contribution is -1.97. The standard InChI is InChI=1S/C15H12BrNO2S/c1-2-11(18)8-3-4-12(19)9-7-10(17-15(8)9)13-5-6-14(16)20-13/h3-7,17,19H,2H2,1H3. The molecule has 2 heterocycles. The first-order valence-corrected chi connectivity index (χ1v) is 7.84. The van der Waals surface area contributed by atoms with E-state index in [1.54, 1.807) is 23.5 Å². The maximum absolute atomic E-state index is 12.0. The Morgan fingerprint density at radius 2 is 2.15 bits per heavy atom. The third-order valence-corrected chi connectivity index (χ3v) is 4.89. The summed E-state index contributed by atoms with van der Waals surface area (Å²) in [5, 5.41) is 10.7. The molecular weight excluding hydrogens is 338 g/mol. The SMILES string of the molecule is CCC(=O)c1ccc(O)c2cc(-c3ccc(Br)s3)[nH]c12. The van der Waals surface area contributed by atoms with Crippen LogP contribution in [0.15, 0.2) is 34.1 Å². The van der Waals surface area contributed by atoms with Crippen LogP contribution in [0.3, 0.4) is 0 Å². The molecule has 0 bridgehead atoms. The fraction of sp³-hybridized carbons (Fsp3) is 0.133. The van der Waals surface area contributed by atoms with Gasteiger partial charge in [-0.25, -0.2) is 0 Å². The van der Waals surface area contributed by atoms with Gasteiger partial charge < -0.3 is 10.1 Å². The van der Waals surface area contributed by atoms with E-state index in [0.717, 1.165) is 14.4 Å². The van der Waals surface area contributed by atoms with Crippen molar-refractivity contribution in [3.63, 3.8) is 0 Å². The summed E-state index contributed by atoms with van der Waals surface area (Å²) in [6.45, 7) is 1.83. The average Bonchev–Trinajstić information content (AvgIpc) is 3.05. The molecule has 0 saturated heterocycles. The first kappa shape index (κ1) is 13.4. The maximum atomic E-state index is 12.0. The molecule has 1 aromatic carbocycles. The molecule has 0 aliphatic heterocycles. The lowest BCUT2D eigenvalue weighted by molar-refractivity contribution is 0.0989. The molecule has 3 aromatic rings. The number of benzene rings is 1. The molecule has 102 valence electrons. The molecule has 20 heavy (non-hydrogen) atoms. The number of aromatic hydroxyl groups is 1. The maximum Gasteiger partial charge on any atom is 0.164 e. The Balaban J connectivity index is 2.24. The molecule has 0 aliphatic rings. The highest BCUT2D eigenvalue weighted by Gasteiger charge is 2.15. The van der Waals surface area contributed by atoms with Crippen LogP contribution in [0.4, 0.5) is 0 Å². The van der Waals surface area contributed by atoms with Gasteiger partial charge in [-0.05, 0) is 46.3 Å². The number of H-pyrrole nitrogens is 1. The van der Waals surface area contributed by atoms with Crippen molar-refractivity contribution in [1.29, 1.82) is 0 Å². The minimum absolute atomic E-state index is 0.0655. The summed E-state index contributed by atoms with van der Waals surface area (Å²) in [5.41, 5.74) is 2.24. The zero-order chi connectivity index (χ0) is 14.3. The molecule has 0 amide bonds. The van der Waals surface area contributed by atoms with Crippen LogP contribution in [0, 0.1) is 0 Å². The molecule has 2 N–H and O–H groups in total. The number of ketones is 1. The van der Waals surface area contributed by atoms with Crippen molar-refractivity contribution in [1.82, 2.24) is 4.98 Å². The van der Waals surface area contributed by atoms with Crippen molar-refractivity contribution in [3.8, 4) is 16.3 Å². The number of nitrogens with one attached hydrogen (secondary N) is 1. The molecule has 2 aromatic heterocycles. The zero-order valence-electron chi connectivity index (χ0n) is 10.7. The fourth-order valence-electron chi connectivity index (χ4n) is 2.22. The van der Waals surface area contributed by atoms with E-state index in [-0.39, 0.29) is 11.5 Å². The molecule has 0 radical (unpaired) electrons. The quantitative estimate of drug-likeness (QED) is 0.656. The summed E-state index contributed by atoms with van der Waals surface area (Å²) < 4.78 is 1.04. The molecule has 0 unspecified atom stereocenters. The van der Waals surface area contributed by atoms with E-state index >= 15 is 0 Å². The molecule has 3 rings (SSSR count). The first-order valence-electron chi connectivity index (χ1n) is 6.23. The number of phenols is 1. The molecular formula is C15H12BrNO2S. The number of rotatable bonds is 3. The van der Waals surface area contributed by atoms with E-state index in [0.29, 0.717) is 22.9 Å². The second-order valence-electron chi connectivity index (χ2n) is 4.48. The Morgan fingerprint density at radius 3 is 2.80 bits per heavy atom. The molecule has 0 spiro atoms. The van der Waals surface area contributed by atoms with Gasteiger partial charge in [0.05, 0.1) is 19.9 Å². The summed E-state index contributed by atoms with van der Waals surface area (Å²) in [6.07, 6.45) is 0.443. The largest absolute Gasteiger partial charge is 0.507 e. The van der Waals surface area contributed by atoms with Gasteiger partial charge in [0.1, 0.15) is 5.75 Å². The van der Waals surface area contributed by atoms with Gasteiger partial charge in [0.2, 0.25) is 0 Å². The van der Waals surface area contributed by atoms with E-state index in [4.69, 9.17) is 0 Å². The van der Waals surface area contributed by atoms with E-state index in [1.807, 2.05) is 25.1 Å². The van der Waals surface area contributed by atoms with Crippen LogP contribution in [0.5, 0.6) is 5.75 Å². The number of aromatic nitrogens is 1. The molecule has 0 atom stereocenters. The average molecular weight is 350 g/mol. The lowest BCUT2D eigenvalue weighted by Gasteiger charge is -2.01. The zero-order valence-corrected chi connectivity index (χ0v) is 13.1. The van der Waals surface area contributed by atoms with Gasteiger partial charge >= 0.3 is 0 Å². The topological polar surface area (TPSA) is 53.1 Å². The molecule has 5 heteroatoms. The predicted molar refractivity (Wildman–Crippen MR) is 85.6 cm³/mol. The van der Waals surface area contributed by atoms with Gasteiger partial charge in [0.15, 0.2) is 5.78 Å². The van der Waals surface area contributed by atoms with Gasteiger partial charge in [-0.2, -0.15) is 0 Å². The number of thiophene rings is 1. The van der Waals surface area contributed by atoms with Crippen LogP contribution in [0.25, 0.3) is 21.5 Å². The van der Waals surface area contributed by atoms with Gasteiger partial charge in [-0.15, -0.1) is 11.3 Å². The van der Waals surface area contributed by atoms with Crippen molar-refractivity contribution >= 4 is 44.0 Å². The van der Waals surface area contributed by atoms with Crippen molar-refractivity contribution < 1.29 is 9.90 Å². The molecule has 0 aliphatic carbocycles. The fourth-order valence-corrected chi connectivity index (χ4v) is 3.58. The summed E-state index contributed by atoms with van der Waals surface area (Å²) in [4.78, 5) is 16.3. The Labute approximate surface area is 128 Å². The lowest BCUT2D eigenvalue weighted by atomic mass is 10.1. The van der Waals surface area contributed by atoms with E-state index in [1.165, 1.54) is 0 Å². The molecule has 3 nitrogen and oxygen atoms in total. The van der Waals surface area contributed by atoms with E-state index in [2.05, 4.69) is 20.9 Å². The number of fused-ring (bicyclic) bond motifs is 1. The third-order valence-electron chi connectivity index (χ3n) is 3.23. The highest BCUT2D eigenvalue weighted by Crippen LogP contribution is 2.36.